The summed E-state index contributed by atoms with van der Waals surface area (Å²) in [4.78, 5) is 48.9. The van der Waals surface area contributed by atoms with E-state index in [1.807, 2.05) is 0 Å². The molecule has 0 bridgehead atoms. The molecule has 30 heavy (non-hydrogen) atoms. The van der Waals surface area contributed by atoms with E-state index in [0.717, 1.165) is 6.20 Å². The van der Waals surface area contributed by atoms with Gasteiger partial charge in [0.25, 0.3) is 5.69 Å². The Morgan fingerprint density at radius 2 is 1.97 bits per heavy atom. The number of amides is 1. The number of nitrogens with one attached hydrogen (secondary N) is 3. The predicted octanol–water partition coefficient (Wildman–Crippen LogP) is 3.23. The van der Waals surface area contributed by atoms with E-state index in [-0.39, 0.29) is 16.1 Å². The molecular weight excluding hydrogens is 416 g/mol. The van der Waals surface area contributed by atoms with Gasteiger partial charge in [0.15, 0.2) is 0 Å². The average Bonchev–Trinajstić information content (AvgIpc) is 2.69. The number of pyridine rings is 1. The summed E-state index contributed by atoms with van der Waals surface area (Å²) in [5.74, 6) is -1.82. The molecule has 0 aliphatic heterocycles. The number of hydrogen-bond donors (Lipinski definition) is 4. The van der Waals surface area contributed by atoms with E-state index in [0.29, 0.717) is 16.9 Å². The summed E-state index contributed by atoms with van der Waals surface area (Å²) in [7, 11) is 0. The molecule has 0 aliphatic carbocycles. The fourth-order valence-electron chi connectivity index (χ4n) is 2.74. The maximum absolute atomic E-state index is 12.5. The number of rotatable bonds is 6. The van der Waals surface area contributed by atoms with E-state index >= 15 is 0 Å². The summed E-state index contributed by atoms with van der Waals surface area (Å²) < 4.78 is 0. The van der Waals surface area contributed by atoms with Crippen molar-refractivity contribution in [3.05, 3.63) is 73.5 Å². The predicted molar refractivity (Wildman–Crippen MR) is 111 cm³/mol. The highest BCUT2D eigenvalue weighted by molar-refractivity contribution is 6.33. The van der Waals surface area contributed by atoms with Crippen molar-refractivity contribution in [3.8, 4) is 0 Å². The number of carbonyl (C=O) groups excluding carboxylic acids is 1. The van der Waals surface area contributed by atoms with Gasteiger partial charge in [-0.05, 0) is 31.2 Å². The van der Waals surface area contributed by atoms with E-state index in [4.69, 9.17) is 16.7 Å². The lowest BCUT2D eigenvalue weighted by molar-refractivity contribution is -0.384. The molecule has 154 valence electrons. The van der Waals surface area contributed by atoms with Gasteiger partial charge in [-0.15, -0.1) is 0 Å². The lowest BCUT2D eigenvalue weighted by atomic mass is 10.1. The minimum absolute atomic E-state index is 0.0855. The Balaban J connectivity index is 1.79. The van der Waals surface area contributed by atoms with E-state index in [1.54, 1.807) is 19.1 Å². The second-order valence-corrected chi connectivity index (χ2v) is 6.78. The standard InChI is InChI=1S/C19H15ClN4O6/c1-9(22-16-5-3-11(24(29)30)7-14(16)20)18(26)23-10-2-4-15-12(6-10)17(25)13(8-21-15)19(27)28/h2-9,22H,1H3,(H,21,25)(H,23,26)(H,27,28)/t9-/m0/s1. The van der Waals surface area contributed by atoms with Crippen LogP contribution in [0.1, 0.15) is 17.3 Å². The molecule has 1 amide bonds. The van der Waals surface area contributed by atoms with E-state index in [1.165, 1.54) is 24.3 Å². The Hall–Kier alpha value is -3.92. The molecule has 1 heterocycles. The van der Waals surface area contributed by atoms with Gasteiger partial charge in [-0.3, -0.25) is 19.7 Å². The lowest BCUT2D eigenvalue weighted by Crippen LogP contribution is -2.32. The van der Waals surface area contributed by atoms with Crippen LogP contribution >= 0.6 is 11.6 Å². The number of fused-ring (bicyclic) bond motifs is 1. The molecule has 0 spiro atoms. The highest BCUT2D eigenvalue weighted by Gasteiger charge is 2.17. The van der Waals surface area contributed by atoms with Crippen molar-refractivity contribution in [1.29, 1.82) is 0 Å². The number of hydrogen-bond acceptors (Lipinski definition) is 6. The molecule has 10 nitrogen and oxygen atoms in total. The number of carboxylic acids is 1. The first-order chi connectivity index (χ1) is 14.2. The molecule has 0 fully saturated rings. The molecule has 1 aromatic heterocycles. The van der Waals surface area contributed by atoms with Crippen LogP contribution in [0.25, 0.3) is 10.9 Å². The number of non-ortho nitro benzene ring substituents is 1. The van der Waals surface area contributed by atoms with Crippen LogP contribution in [0.4, 0.5) is 17.1 Å². The number of aromatic carboxylic acids is 1. The quantitative estimate of drug-likeness (QED) is 0.345. The molecule has 0 aliphatic rings. The van der Waals surface area contributed by atoms with Crippen molar-refractivity contribution in [2.45, 2.75) is 13.0 Å². The Labute approximate surface area is 173 Å². The van der Waals surface area contributed by atoms with Crippen LogP contribution in [0.3, 0.4) is 0 Å². The number of H-pyrrole nitrogens is 1. The zero-order chi connectivity index (χ0) is 22.0. The van der Waals surface area contributed by atoms with Crippen molar-refractivity contribution >= 4 is 51.4 Å². The maximum Gasteiger partial charge on any atom is 0.341 e. The summed E-state index contributed by atoms with van der Waals surface area (Å²) in [5, 5.41) is 25.5. The molecule has 3 rings (SSSR count). The number of nitro benzene ring substituents is 1. The summed E-state index contributed by atoms with van der Waals surface area (Å²) in [5.41, 5.74) is -0.198. The molecule has 0 radical (unpaired) electrons. The van der Waals surface area contributed by atoms with Gasteiger partial charge in [-0.1, -0.05) is 11.6 Å². The number of anilines is 2. The smallest absolute Gasteiger partial charge is 0.341 e. The molecule has 2 aromatic carbocycles. The first-order valence-corrected chi connectivity index (χ1v) is 8.95. The van der Waals surface area contributed by atoms with Crippen LogP contribution in [-0.4, -0.2) is 32.9 Å². The second-order valence-electron chi connectivity index (χ2n) is 6.37. The van der Waals surface area contributed by atoms with Gasteiger partial charge in [0.2, 0.25) is 11.3 Å². The Bertz CT molecular complexity index is 1240. The Morgan fingerprint density at radius 1 is 1.23 bits per heavy atom. The minimum atomic E-state index is -1.36. The monoisotopic (exact) mass is 430 g/mol. The first kappa shape index (κ1) is 20.8. The number of nitrogens with zero attached hydrogens (tertiary/aromatic N) is 1. The molecule has 4 N–H and O–H groups in total. The second kappa shape index (κ2) is 8.21. The lowest BCUT2D eigenvalue weighted by Gasteiger charge is -2.16. The number of benzene rings is 2. The van der Waals surface area contributed by atoms with Gasteiger partial charge in [-0.25, -0.2) is 4.79 Å². The van der Waals surface area contributed by atoms with Crippen LogP contribution in [0.15, 0.2) is 47.4 Å². The van der Waals surface area contributed by atoms with Crippen molar-refractivity contribution in [2.24, 2.45) is 0 Å². The maximum atomic E-state index is 12.5. The molecule has 0 saturated carbocycles. The number of aromatic nitrogens is 1. The third-order valence-electron chi connectivity index (χ3n) is 4.31. The molecular formula is C19H15ClN4O6. The van der Waals surface area contributed by atoms with Crippen molar-refractivity contribution in [3.63, 3.8) is 0 Å². The summed E-state index contributed by atoms with van der Waals surface area (Å²) >= 11 is 6.02. The van der Waals surface area contributed by atoms with Gasteiger partial charge in [0.1, 0.15) is 11.6 Å². The Kier molecular flexibility index (Phi) is 5.70. The number of aromatic amines is 1. The number of halogens is 1. The van der Waals surface area contributed by atoms with E-state index in [2.05, 4.69) is 15.6 Å². The van der Waals surface area contributed by atoms with Crippen molar-refractivity contribution in [1.82, 2.24) is 4.98 Å². The minimum Gasteiger partial charge on any atom is -0.477 e. The van der Waals surface area contributed by atoms with E-state index < -0.39 is 33.8 Å². The molecule has 0 unspecified atom stereocenters. The van der Waals surface area contributed by atoms with Crippen LogP contribution < -0.4 is 16.1 Å². The third-order valence-corrected chi connectivity index (χ3v) is 4.62. The largest absolute Gasteiger partial charge is 0.477 e. The topological polar surface area (TPSA) is 154 Å². The Morgan fingerprint density at radius 3 is 2.60 bits per heavy atom. The van der Waals surface area contributed by atoms with Gasteiger partial charge in [0, 0.05) is 34.9 Å². The average molecular weight is 431 g/mol. The fourth-order valence-corrected chi connectivity index (χ4v) is 2.97. The van der Waals surface area contributed by atoms with Crippen LogP contribution in [-0.2, 0) is 4.79 Å². The third kappa shape index (κ3) is 4.23. The van der Waals surface area contributed by atoms with Gasteiger partial charge < -0.3 is 20.7 Å². The fraction of sp³-hybridized carbons (Fsp3) is 0.105. The highest BCUT2D eigenvalue weighted by atomic mass is 35.5. The SMILES string of the molecule is C[C@H](Nc1ccc([N+](=O)[O-])cc1Cl)C(=O)Nc1ccc2[nH]cc(C(=O)O)c(=O)c2c1. The summed E-state index contributed by atoms with van der Waals surface area (Å²) in [6.45, 7) is 1.56. The first-order valence-electron chi connectivity index (χ1n) is 8.57. The number of carbonyl (C=O) groups is 2. The van der Waals surface area contributed by atoms with Crippen molar-refractivity contribution in [2.75, 3.05) is 10.6 Å². The highest BCUT2D eigenvalue weighted by Crippen LogP contribution is 2.27. The van der Waals surface area contributed by atoms with Gasteiger partial charge in [-0.2, -0.15) is 0 Å². The van der Waals surface area contributed by atoms with Gasteiger partial charge >= 0.3 is 5.97 Å². The van der Waals surface area contributed by atoms with Crippen LogP contribution in [0, 0.1) is 10.1 Å². The van der Waals surface area contributed by atoms with Crippen LogP contribution in [0.2, 0.25) is 5.02 Å². The molecule has 1 atom stereocenters. The van der Waals surface area contributed by atoms with Gasteiger partial charge in [0.05, 0.1) is 15.6 Å². The van der Waals surface area contributed by atoms with Crippen LogP contribution in [0.5, 0.6) is 0 Å². The normalized spacial score (nSPS) is 11.7. The number of nitro groups is 1. The molecule has 11 heteroatoms. The van der Waals surface area contributed by atoms with E-state index in [9.17, 15) is 24.5 Å². The zero-order valence-electron chi connectivity index (χ0n) is 15.4. The molecule has 3 aromatic rings. The number of carboxylic acid groups (broad SMARTS) is 1. The zero-order valence-corrected chi connectivity index (χ0v) is 16.2. The summed E-state index contributed by atoms with van der Waals surface area (Å²) in [6, 6.07) is 7.53. The van der Waals surface area contributed by atoms with Crippen molar-refractivity contribution < 1.29 is 19.6 Å². The molecule has 0 saturated heterocycles. The summed E-state index contributed by atoms with van der Waals surface area (Å²) in [6.07, 6.45) is 1.12.